The fourth-order valence-electron chi connectivity index (χ4n) is 0.297. The Balaban J connectivity index is 3.04. The number of hydrogen-bond donors (Lipinski definition) is 0. The minimum absolute atomic E-state index is 0.725. The van der Waals surface area contributed by atoms with E-state index in [-0.39, 0.29) is 0 Å². The van der Waals surface area contributed by atoms with Crippen molar-refractivity contribution < 1.29 is 4.68 Å². The lowest BCUT2D eigenvalue weighted by atomic mass is 11.0. The van der Waals surface area contributed by atoms with Crippen LogP contribution in [-0.4, -0.2) is 4.49 Å². The minimum Gasteiger partial charge on any atom is -0.0803 e. The molecule has 0 unspecified atom stereocenters. The lowest BCUT2D eigenvalue weighted by Gasteiger charge is -1.59. The first-order valence-electron chi connectivity index (χ1n) is 1.77. The van der Waals surface area contributed by atoms with Crippen LogP contribution >= 0.6 is 23.1 Å². The molecule has 0 aliphatic carbocycles. The summed E-state index contributed by atoms with van der Waals surface area (Å²) in [5.74, 6) is 0. The molecule has 1 aromatic rings. The van der Waals surface area contributed by atoms with Gasteiger partial charge < -0.3 is 0 Å². The third-order valence-corrected chi connectivity index (χ3v) is 1.47. The van der Waals surface area contributed by atoms with Gasteiger partial charge in [-0.25, -0.2) is 0 Å². The highest BCUT2D eigenvalue weighted by atomic mass is 35.5. The first-order chi connectivity index (χ1) is 3.29. The zero-order valence-electron chi connectivity index (χ0n) is 3.76. The summed E-state index contributed by atoms with van der Waals surface area (Å²) in [5.41, 5.74) is 0. The standard InChI is InChI=1S/C3H4ClN2S/c1-6-2-3(4)7-5-6/h2H,1H3/q+1. The van der Waals surface area contributed by atoms with Crippen LogP contribution in [0.1, 0.15) is 0 Å². The Hall–Kier alpha value is -0.150. The summed E-state index contributed by atoms with van der Waals surface area (Å²) in [6.07, 6.45) is 1.76. The van der Waals surface area contributed by atoms with E-state index in [0.29, 0.717) is 0 Å². The van der Waals surface area contributed by atoms with Gasteiger partial charge in [-0.05, 0) is 0 Å². The van der Waals surface area contributed by atoms with E-state index in [1.165, 1.54) is 11.5 Å². The van der Waals surface area contributed by atoms with Gasteiger partial charge in [0.2, 0.25) is 6.20 Å². The summed E-state index contributed by atoms with van der Waals surface area (Å²) in [6.45, 7) is 0. The minimum atomic E-state index is 0.725. The average Bonchev–Trinajstić information content (AvgIpc) is 1.87. The highest BCUT2D eigenvalue weighted by Crippen LogP contribution is 2.06. The molecule has 0 atom stereocenters. The largest absolute Gasteiger partial charge is 0.227 e. The molecule has 1 rings (SSSR count). The lowest BCUT2D eigenvalue weighted by Crippen LogP contribution is -2.27. The number of hydrogen-bond acceptors (Lipinski definition) is 2. The van der Waals surface area contributed by atoms with Crippen molar-refractivity contribution in [3.8, 4) is 0 Å². The van der Waals surface area contributed by atoms with Gasteiger partial charge in [0.1, 0.15) is 0 Å². The van der Waals surface area contributed by atoms with Crippen molar-refractivity contribution in [2.75, 3.05) is 0 Å². The third-order valence-electron chi connectivity index (χ3n) is 0.545. The molecule has 0 aromatic carbocycles. The van der Waals surface area contributed by atoms with Crippen LogP contribution in [0.25, 0.3) is 0 Å². The summed E-state index contributed by atoms with van der Waals surface area (Å²) in [5, 5.41) is 0. The number of rotatable bonds is 0. The van der Waals surface area contributed by atoms with Crippen LogP contribution in [0, 0.1) is 0 Å². The Labute approximate surface area is 50.5 Å². The molecule has 0 saturated heterocycles. The molecule has 0 aliphatic heterocycles. The maximum atomic E-state index is 5.50. The van der Waals surface area contributed by atoms with Crippen molar-refractivity contribution in [3.63, 3.8) is 0 Å². The monoisotopic (exact) mass is 135 g/mol. The van der Waals surface area contributed by atoms with Crippen LogP contribution in [0.15, 0.2) is 6.20 Å². The van der Waals surface area contributed by atoms with E-state index >= 15 is 0 Å². The molecule has 2 nitrogen and oxygen atoms in total. The summed E-state index contributed by atoms with van der Waals surface area (Å²) in [6, 6.07) is 0. The first kappa shape index (κ1) is 5.00. The van der Waals surface area contributed by atoms with E-state index in [9.17, 15) is 0 Å². The van der Waals surface area contributed by atoms with Gasteiger partial charge >= 0.3 is 0 Å². The van der Waals surface area contributed by atoms with E-state index in [2.05, 4.69) is 4.49 Å². The topological polar surface area (TPSA) is 16.8 Å². The van der Waals surface area contributed by atoms with Crippen molar-refractivity contribution in [2.45, 2.75) is 0 Å². The van der Waals surface area contributed by atoms with Gasteiger partial charge in [0, 0.05) is 0 Å². The summed E-state index contributed by atoms with van der Waals surface area (Å²) in [7, 11) is 1.84. The SMILES string of the molecule is C[n+]1cc(Cl)sn1. The molecule has 0 saturated carbocycles. The van der Waals surface area contributed by atoms with Gasteiger partial charge in [0.25, 0.3) is 0 Å². The van der Waals surface area contributed by atoms with E-state index in [1.54, 1.807) is 10.9 Å². The highest BCUT2D eigenvalue weighted by Gasteiger charge is 1.97. The number of nitrogens with zero attached hydrogens (tertiary/aromatic N) is 2. The molecule has 0 amide bonds. The highest BCUT2D eigenvalue weighted by molar-refractivity contribution is 7.10. The van der Waals surface area contributed by atoms with Gasteiger partial charge in [0.15, 0.2) is 11.4 Å². The molecule has 1 heterocycles. The molecule has 4 heteroatoms. The van der Waals surface area contributed by atoms with Gasteiger partial charge in [-0.3, -0.25) is 0 Å². The van der Waals surface area contributed by atoms with Gasteiger partial charge in [-0.15, -0.1) is 0 Å². The summed E-state index contributed by atoms with van der Waals surface area (Å²) >= 11 is 6.78. The zero-order valence-corrected chi connectivity index (χ0v) is 5.33. The molecule has 38 valence electrons. The fraction of sp³-hybridized carbons (Fsp3) is 0.333. The second-order valence-electron chi connectivity index (χ2n) is 1.18. The number of halogens is 1. The van der Waals surface area contributed by atoms with Crippen LogP contribution in [0.5, 0.6) is 0 Å². The first-order valence-corrected chi connectivity index (χ1v) is 2.92. The van der Waals surface area contributed by atoms with Crippen LogP contribution in [0.4, 0.5) is 0 Å². The van der Waals surface area contributed by atoms with Crippen molar-refractivity contribution in [1.82, 2.24) is 4.49 Å². The molecule has 0 aliphatic rings. The fourth-order valence-corrected chi connectivity index (χ4v) is 0.985. The Morgan fingerprint density at radius 2 is 2.71 bits per heavy atom. The molecule has 7 heavy (non-hydrogen) atoms. The molecule has 0 fully saturated rings. The lowest BCUT2D eigenvalue weighted by molar-refractivity contribution is -0.722. The van der Waals surface area contributed by atoms with E-state index < -0.39 is 0 Å². The second kappa shape index (κ2) is 1.76. The van der Waals surface area contributed by atoms with Crippen LogP contribution in [0.2, 0.25) is 4.34 Å². The molecular weight excluding hydrogens is 132 g/mol. The molecule has 0 N–H and O–H groups in total. The van der Waals surface area contributed by atoms with Crippen molar-refractivity contribution in [1.29, 1.82) is 0 Å². The Kier molecular flexibility index (Phi) is 1.25. The average molecular weight is 136 g/mol. The Bertz CT molecular complexity index is 145. The predicted molar refractivity (Wildman–Crippen MR) is 28.3 cm³/mol. The molecule has 0 radical (unpaired) electrons. The normalized spacial score (nSPS) is 9.43. The maximum Gasteiger partial charge on any atom is 0.227 e. The van der Waals surface area contributed by atoms with E-state index in [0.717, 1.165) is 4.34 Å². The zero-order chi connectivity index (χ0) is 5.28. The third kappa shape index (κ3) is 1.11. The summed E-state index contributed by atoms with van der Waals surface area (Å²) < 4.78 is 6.24. The molecule has 1 aromatic heterocycles. The van der Waals surface area contributed by atoms with Crippen molar-refractivity contribution >= 4 is 23.1 Å². The predicted octanol–water partition coefficient (Wildman–Crippen LogP) is 0.621. The van der Waals surface area contributed by atoms with Gasteiger partial charge in [0.05, 0.1) is 16.0 Å². The summed E-state index contributed by atoms with van der Waals surface area (Å²) in [4.78, 5) is 0. The van der Waals surface area contributed by atoms with Crippen LogP contribution < -0.4 is 4.68 Å². The molecule has 0 bridgehead atoms. The van der Waals surface area contributed by atoms with Gasteiger partial charge in [-0.2, -0.15) is 0 Å². The molecular formula is C3H4ClN2S+. The number of aryl methyl sites for hydroxylation is 1. The Morgan fingerprint density at radius 1 is 2.00 bits per heavy atom. The van der Waals surface area contributed by atoms with E-state index in [1.807, 2.05) is 7.05 Å². The van der Waals surface area contributed by atoms with Crippen molar-refractivity contribution in [3.05, 3.63) is 10.5 Å². The van der Waals surface area contributed by atoms with Crippen LogP contribution in [-0.2, 0) is 7.05 Å². The second-order valence-corrected chi connectivity index (χ2v) is 2.60. The smallest absolute Gasteiger partial charge is 0.0803 e. The van der Waals surface area contributed by atoms with Crippen LogP contribution in [0.3, 0.4) is 0 Å². The van der Waals surface area contributed by atoms with Crippen molar-refractivity contribution in [2.24, 2.45) is 7.05 Å². The number of aromatic nitrogens is 2. The van der Waals surface area contributed by atoms with Gasteiger partial charge in [-0.1, -0.05) is 16.3 Å². The van der Waals surface area contributed by atoms with E-state index in [4.69, 9.17) is 11.6 Å². The molecule has 0 spiro atoms. The quantitative estimate of drug-likeness (QED) is 0.477. The Morgan fingerprint density at radius 3 is 2.86 bits per heavy atom. The maximum absolute atomic E-state index is 5.50.